The average Bonchev–Trinajstić information content (AvgIpc) is 3.35. The number of rotatable bonds is 5. The number of hydrogen-bond acceptors (Lipinski definition) is 3. The molecule has 1 heterocycles. The molecule has 2 fully saturated rings. The van der Waals surface area contributed by atoms with Gasteiger partial charge in [0.1, 0.15) is 6.61 Å². The first-order chi connectivity index (χ1) is 12.3. The van der Waals surface area contributed by atoms with Gasteiger partial charge in [0.05, 0.1) is 0 Å². The van der Waals surface area contributed by atoms with Crippen molar-refractivity contribution in [2.45, 2.75) is 18.4 Å². The monoisotopic (exact) mass is 336 g/mol. The van der Waals surface area contributed by atoms with E-state index in [-0.39, 0.29) is 11.5 Å². The Kier molecular flexibility index (Phi) is 4.45. The minimum absolute atomic E-state index is 0.0521. The van der Waals surface area contributed by atoms with Gasteiger partial charge in [0.2, 0.25) is 0 Å². The zero-order valence-corrected chi connectivity index (χ0v) is 14.3. The first-order valence-corrected chi connectivity index (χ1v) is 9.01. The fourth-order valence-electron chi connectivity index (χ4n) is 4.44. The highest BCUT2D eigenvalue weighted by atomic mass is 16.5. The van der Waals surface area contributed by atoms with E-state index in [1.54, 1.807) is 0 Å². The number of alkyl carbamates (subject to hydrolysis) is 1. The number of carbonyl (C=O) groups is 1. The second kappa shape index (κ2) is 6.89. The Morgan fingerprint density at radius 3 is 2.48 bits per heavy atom. The minimum atomic E-state index is -0.337. The molecule has 1 aliphatic heterocycles. The fraction of sp³-hybridized carbons (Fsp3) is 0.381. The Balaban J connectivity index is 1.40. The van der Waals surface area contributed by atoms with Crippen LogP contribution in [-0.4, -0.2) is 25.7 Å². The zero-order valence-electron chi connectivity index (χ0n) is 14.3. The third kappa shape index (κ3) is 3.14. The van der Waals surface area contributed by atoms with Crippen molar-refractivity contribution in [3.63, 3.8) is 0 Å². The van der Waals surface area contributed by atoms with Gasteiger partial charge >= 0.3 is 6.09 Å². The van der Waals surface area contributed by atoms with Crippen LogP contribution in [0.15, 0.2) is 60.7 Å². The van der Waals surface area contributed by atoms with E-state index in [4.69, 9.17) is 4.74 Å². The van der Waals surface area contributed by atoms with E-state index in [2.05, 4.69) is 34.9 Å². The lowest BCUT2D eigenvalue weighted by molar-refractivity contribution is 0.138. The first-order valence-electron chi connectivity index (χ1n) is 9.01. The molecular weight excluding hydrogens is 312 g/mol. The molecule has 2 N–H and O–H groups in total. The number of ether oxygens (including phenoxy) is 1. The maximum Gasteiger partial charge on any atom is 0.407 e. The van der Waals surface area contributed by atoms with Gasteiger partial charge in [-0.25, -0.2) is 4.79 Å². The predicted octanol–water partition coefficient (Wildman–Crippen LogP) is 3.09. The maximum atomic E-state index is 12.2. The molecule has 3 unspecified atom stereocenters. The number of nitrogens with one attached hydrogen (secondary N) is 2. The van der Waals surface area contributed by atoms with Crippen LogP contribution >= 0.6 is 0 Å². The molecule has 4 rings (SSSR count). The Morgan fingerprint density at radius 1 is 1.08 bits per heavy atom. The van der Waals surface area contributed by atoms with Crippen LogP contribution in [-0.2, 0) is 16.8 Å². The van der Waals surface area contributed by atoms with Crippen molar-refractivity contribution in [1.29, 1.82) is 0 Å². The molecule has 0 spiro atoms. The van der Waals surface area contributed by atoms with Crippen molar-refractivity contribution < 1.29 is 9.53 Å². The summed E-state index contributed by atoms with van der Waals surface area (Å²) in [6.07, 6.45) is 0.830. The lowest BCUT2D eigenvalue weighted by Crippen LogP contribution is -2.35. The van der Waals surface area contributed by atoms with Crippen LogP contribution in [0, 0.1) is 11.8 Å². The highest BCUT2D eigenvalue weighted by Gasteiger charge is 2.65. The SMILES string of the molecule is O=C(NCC1(c2ccccc2)C2CCNCC21)OCc1ccccc1. The summed E-state index contributed by atoms with van der Waals surface area (Å²) in [5.41, 5.74) is 2.38. The molecular formula is C21H24N2O2. The maximum absolute atomic E-state index is 12.2. The van der Waals surface area contributed by atoms with Crippen molar-refractivity contribution in [2.75, 3.05) is 19.6 Å². The van der Waals surface area contributed by atoms with Gasteiger partial charge in [0, 0.05) is 12.0 Å². The number of fused-ring (bicyclic) bond motifs is 1. The molecule has 1 amide bonds. The normalized spacial score (nSPS) is 27.2. The van der Waals surface area contributed by atoms with E-state index in [0.29, 0.717) is 25.0 Å². The Labute approximate surface area is 148 Å². The van der Waals surface area contributed by atoms with Crippen LogP contribution in [0.1, 0.15) is 17.5 Å². The summed E-state index contributed by atoms with van der Waals surface area (Å²) in [5.74, 6) is 1.24. The van der Waals surface area contributed by atoms with Crippen molar-refractivity contribution >= 4 is 6.09 Å². The van der Waals surface area contributed by atoms with Gasteiger partial charge in [-0.1, -0.05) is 60.7 Å². The quantitative estimate of drug-likeness (QED) is 0.882. The highest BCUT2D eigenvalue weighted by molar-refractivity contribution is 5.67. The molecule has 3 atom stereocenters. The molecule has 1 saturated carbocycles. The van der Waals surface area contributed by atoms with Crippen molar-refractivity contribution in [3.05, 3.63) is 71.8 Å². The Hall–Kier alpha value is -2.33. The number of piperidine rings is 1. The van der Waals surface area contributed by atoms with Crippen LogP contribution < -0.4 is 10.6 Å². The van der Waals surface area contributed by atoms with Crippen LogP contribution in [0.25, 0.3) is 0 Å². The summed E-state index contributed by atoms with van der Waals surface area (Å²) in [4.78, 5) is 12.2. The molecule has 4 nitrogen and oxygen atoms in total. The van der Waals surface area contributed by atoms with E-state index in [9.17, 15) is 4.79 Å². The average molecular weight is 336 g/mol. The van der Waals surface area contributed by atoms with Gasteiger partial charge in [-0.05, 0) is 42.5 Å². The van der Waals surface area contributed by atoms with Crippen LogP contribution in [0.4, 0.5) is 4.79 Å². The van der Waals surface area contributed by atoms with E-state index in [1.807, 2.05) is 36.4 Å². The Morgan fingerprint density at radius 2 is 1.80 bits per heavy atom. The van der Waals surface area contributed by atoms with Crippen molar-refractivity contribution in [2.24, 2.45) is 11.8 Å². The van der Waals surface area contributed by atoms with E-state index in [0.717, 1.165) is 18.7 Å². The summed E-state index contributed by atoms with van der Waals surface area (Å²) in [7, 11) is 0. The van der Waals surface area contributed by atoms with Crippen LogP contribution in [0.2, 0.25) is 0 Å². The molecule has 4 heteroatoms. The second-order valence-electron chi connectivity index (χ2n) is 7.03. The molecule has 0 aromatic heterocycles. The lowest BCUT2D eigenvalue weighted by Gasteiger charge is -2.19. The topological polar surface area (TPSA) is 50.4 Å². The zero-order chi connectivity index (χ0) is 17.1. The van der Waals surface area contributed by atoms with Gasteiger partial charge in [0.15, 0.2) is 0 Å². The van der Waals surface area contributed by atoms with Gasteiger partial charge in [-0.2, -0.15) is 0 Å². The van der Waals surface area contributed by atoms with E-state index in [1.165, 1.54) is 12.0 Å². The largest absolute Gasteiger partial charge is 0.445 e. The summed E-state index contributed by atoms with van der Waals surface area (Å²) in [5, 5.41) is 6.51. The number of hydrogen-bond donors (Lipinski definition) is 2. The number of benzene rings is 2. The summed E-state index contributed by atoms with van der Waals surface area (Å²) in [6, 6.07) is 20.4. The standard InChI is InChI=1S/C21H24N2O2/c24-20(25-14-16-7-3-1-4-8-16)23-15-21(17-9-5-2-6-10-17)18-11-12-22-13-19(18)21/h1-10,18-19,22H,11-15H2,(H,23,24). The number of carbonyl (C=O) groups excluding carboxylic acids is 1. The molecule has 2 aromatic rings. The molecule has 1 aliphatic carbocycles. The molecule has 2 aliphatic rings. The minimum Gasteiger partial charge on any atom is -0.445 e. The first kappa shape index (κ1) is 16.2. The van der Waals surface area contributed by atoms with Crippen LogP contribution in [0.3, 0.4) is 0 Å². The van der Waals surface area contributed by atoms with Gasteiger partial charge in [-0.15, -0.1) is 0 Å². The summed E-state index contributed by atoms with van der Waals surface area (Å²) in [6.45, 7) is 3.04. The third-order valence-electron chi connectivity index (χ3n) is 5.75. The van der Waals surface area contributed by atoms with Crippen LogP contribution in [0.5, 0.6) is 0 Å². The summed E-state index contributed by atoms with van der Waals surface area (Å²) < 4.78 is 5.37. The molecule has 130 valence electrons. The van der Waals surface area contributed by atoms with Gasteiger partial charge in [-0.3, -0.25) is 0 Å². The van der Waals surface area contributed by atoms with Gasteiger partial charge in [0.25, 0.3) is 0 Å². The second-order valence-corrected chi connectivity index (χ2v) is 7.03. The van der Waals surface area contributed by atoms with E-state index < -0.39 is 0 Å². The third-order valence-corrected chi connectivity index (χ3v) is 5.75. The van der Waals surface area contributed by atoms with Crippen molar-refractivity contribution in [1.82, 2.24) is 10.6 Å². The number of amides is 1. The van der Waals surface area contributed by atoms with Gasteiger partial charge < -0.3 is 15.4 Å². The highest BCUT2D eigenvalue weighted by Crippen LogP contribution is 2.61. The molecule has 0 radical (unpaired) electrons. The molecule has 25 heavy (non-hydrogen) atoms. The van der Waals surface area contributed by atoms with E-state index >= 15 is 0 Å². The lowest BCUT2D eigenvalue weighted by atomic mass is 9.91. The molecule has 1 saturated heterocycles. The Bertz CT molecular complexity index is 705. The summed E-state index contributed by atoms with van der Waals surface area (Å²) >= 11 is 0. The molecule has 2 aromatic carbocycles. The predicted molar refractivity (Wildman–Crippen MR) is 97.2 cm³/mol. The molecule has 0 bridgehead atoms. The van der Waals surface area contributed by atoms with Crippen molar-refractivity contribution in [3.8, 4) is 0 Å². The fourth-order valence-corrected chi connectivity index (χ4v) is 4.44. The smallest absolute Gasteiger partial charge is 0.407 e.